The predicted molar refractivity (Wildman–Crippen MR) is 73.3 cm³/mol. The van der Waals surface area contributed by atoms with Gasteiger partial charge in [0.15, 0.2) is 0 Å². The first-order valence-corrected chi connectivity index (χ1v) is 6.37. The van der Waals surface area contributed by atoms with Crippen LogP contribution in [0.25, 0.3) is 0 Å². The smallest absolute Gasteiger partial charge is 0.221 e. The third-order valence-electron chi connectivity index (χ3n) is 2.76. The molecule has 19 heavy (non-hydrogen) atoms. The fraction of sp³-hybridized carbons (Fsp3) is 0.462. The normalized spacial score (nSPS) is 10.5. The van der Waals surface area contributed by atoms with Crippen molar-refractivity contribution in [2.75, 3.05) is 18.5 Å². The third kappa shape index (κ3) is 3.43. The van der Waals surface area contributed by atoms with Crippen molar-refractivity contribution >= 4 is 5.82 Å². The van der Waals surface area contributed by atoms with Gasteiger partial charge in [-0.15, -0.1) is 0 Å². The average molecular weight is 261 g/mol. The van der Waals surface area contributed by atoms with Crippen molar-refractivity contribution in [2.24, 2.45) is 7.05 Å². The maximum Gasteiger partial charge on any atom is 0.221 e. The van der Waals surface area contributed by atoms with E-state index in [0.717, 1.165) is 30.0 Å². The van der Waals surface area contributed by atoms with Crippen LogP contribution in [0.15, 0.2) is 18.6 Å². The van der Waals surface area contributed by atoms with E-state index < -0.39 is 0 Å². The topological polar surface area (TPSA) is 64.9 Å². The average Bonchev–Trinajstić information content (AvgIpc) is 2.80. The number of hydrogen-bond acceptors (Lipinski definition) is 5. The maximum atomic E-state index is 5.44. The van der Waals surface area contributed by atoms with Crippen LogP contribution in [-0.2, 0) is 13.5 Å². The highest BCUT2D eigenvalue weighted by molar-refractivity contribution is 5.47. The quantitative estimate of drug-likeness (QED) is 0.855. The number of aromatic nitrogens is 4. The molecule has 0 unspecified atom stereocenters. The Balaban J connectivity index is 1.94. The van der Waals surface area contributed by atoms with E-state index >= 15 is 0 Å². The van der Waals surface area contributed by atoms with Crippen LogP contribution in [0.3, 0.4) is 0 Å². The van der Waals surface area contributed by atoms with Crippen LogP contribution in [0.1, 0.15) is 18.2 Å². The van der Waals surface area contributed by atoms with Gasteiger partial charge in [0.25, 0.3) is 0 Å². The lowest BCUT2D eigenvalue weighted by Gasteiger charge is -2.10. The second kappa shape index (κ2) is 6.17. The van der Waals surface area contributed by atoms with E-state index in [9.17, 15) is 0 Å². The van der Waals surface area contributed by atoms with E-state index in [1.807, 2.05) is 33.2 Å². The first-order chi connectivity index (χ1) is 9.20. The minimum Gasteiger partial charge on any atom is -0.478 e. The Bertz CT molecular complexity index is 538. The van der Waals surface area contributed by atoms with Crippen LogP contribution < -0.4 is 10.1 Å². The summed E-state index contributed by atoms with van der Waals surface area (Å²) < 4.78 is 7.24. The molecule has 0 radical (unpaired) electrons. The molecule has 0 fully saturated rings. The molecule has 6 nitrogen and oxygen atoms in total. The van der Waals surface area contributed by atoms with Gasteiger partial charge in [-0.2, -0.15) is 5.10 Å². The van der Waals surface area contributed by atoms with Gasteiger partial charge in [-0.3, -0.25) is 4.68 Å². The molecule has 0 bridgehead atoms. The number of nitrogens with one attached hydrogen (secondary N) is 1. The molecule has 102 valence electrons. The molecule has 2 aromatic rings. The van der Waals surface area contributed by atoms with Gasteiger partial charge in [-0.1, -0.05) is 0 Å². The van der Waals surface area contributed by atoms with Crippen molar-refractivity contribution in [1.82, 2.24) is 19.7 Å². The second-order valence-corrected chi connectivity index (χ2v) is 4.24. The Morgan fingerprint density at radius 1 is 1.37 bits per heavy atom. The molecule has 0 atom stereocenters. The second-order valence-electron chi connectivity index (χ2n) is 4.24. The van der Waals surface area contributed by atoms with Gasteiger partial charge in [0.05, 0.1) is 17.9 Å². The number of aryl methyl sites for hydroxylation is 1. The number of anilines is 1. The van der Waals surface area contributed by atoms with Crippen molar-refractivity contribution in [1.29, 1.82) is 0 Å². The SMILES string of the molecule is CCOc1ncnc(NCCc2ccn(C)n2)c1C. The highest BCUT2D eigenvalue weighted by atomic mass is 16.5. The van der Waals surface area contributed by atoms with Gasteiger partial charge >= 0.3 is 0 Å². The van der Waals surface area contributed by atoms with E-state index in [0.29, 0.717) is 12.5 Å². The Hall–Kier alpha value is -2.11. The summed E-state index contributed by atoms with van der Waals surface area (Å²) in [5.41, 5.74) is 2.00. The van der Waals surface area contributed by atoms with E-state index in [4.69, 9.17) is 4.74 Å². The number of nitrogens with zero attached hydrogens (tertiary/aromatic N) is 4. The molecule has 0 aromatic carbocycles. The van der Waals surface area contributed by atoms with Gasteiger partial charge < -0.3 is 10.1 Å². The van der Waals surface area contributed by atoms with E-state index in [1.54, 1.807) is 4.68 Å². The standard InChI is InChI=1S/C13H19N5O/c1-4-19-13-10(2)12(15-9-16-13)14-7-5-11-6-8-18(3)17-11/h6,8-9H,4-5,7H2,1-3H3,(H,14,15,16). The Labute approximate surface area is 112 Å². The van der Waals surface area contributed by atoms with Gasteiger partial charge in [0.1, 0.15) is 12.1 Å². The molecular formula is C13H19N5O. The zero-order valence-corrected chi connectivity index (χ0v) is 11.6. The molecular weight excluding hydrogens is 242 g/mol. The first kappa shape index (κ1) is 13.3. The summed E-state index contributed by atoms with van der Waals surface area (Å²) in [7, 11) is 1.92. The van der Waals surface area contributed by atoms with Crippen molar-refractivity contribution in [3.8, 4) is 5.88 Å². The van der Waals surface area contributed by atoms with Crippen LogP contribution in [0.4, 0.5) is 5.82 Å². The Morgan fingerprint density at radius 2 is 2.21 bits per heavy atom. The zero-order valence-electron chi connectivity index (χ0n) is 11.6. The molecule has 2 aromatic heterocycles. The molecule has 2 rings (SSSR count). The Kier molecular flexibility index (Phi) is 4.33. The monoisotopic (exact) mass is 261 g/mol. The first-order valence-electron chi connectivity index (χ1n) is 6.37. The molecule has 0 amide bonds. The summed E-state index contributed by atoms with van der Waals surface area (Å²) in [6.45, 7) is 5.27. The molecule has 0 spiro atoms. The summed E-state index contributed by atoms with van der Waals surface area (Å²) >= 11 is 0. The van der Waals surface area contributed by atoms with Crippen LogP contribution in [0.2, 0.25) is 0 Å². The zero-order chi connectivity index (χ0) is 13.7. The van der Waals surface area contributed by atoms with Crippen LogP contribution in [0.5, 0.6) is 5.88 Å². The molecule has 0 aliphatic heterocycles. The van der Waals surface area contributed by atoms with Gasteiger partial charge in [0, 0.05) is 26.2 Å². The fourth-order valence-corrected chi connectivity index (χ4v) is 1.80. The van der Waals surface area contributed by atoms with Gasteiger partial charge in [0.2, 0.25) is 5.88 Å². The number of hydrogen-bond donors (Lipinski definition) is 1. The molecule has 0 aliphatic carbocycles. The van der Waals surface area contributed by atoms with Gasteiger partial charge in [-0.05, 0) is 19.9 Å². The largest absolute Gasteiger partial charge is 0.478 e. The highest BCUT2D eigenvalue weighted by Gasteiger charge is 2.07. The third-order valence-corrected chi connectivity index (χ3v) is 2.76. The van der Waals surface area contributed by atoms with E-state index in [1.165, 1.54) is 6.33 Å². The molecule has 0 aliphatic rings. The van der Waals surface area contributed by atoms with E-state index in [2.05, 4.69) is 20.4 Å². The summed E-state index contributed by atoms with van der Waals surface area (Å²) in [6, 6.07) is 2.01. The lowest BCUT2D eigenvalue weighted by Crippen LogP contribution is -2.09. The van der Waals surface area contributed by atoms with Crippen molar-refractivity contribution in [3.63, 3.8) is 0 Å². The molecule has 2 heterocycles. The number of ether oxygens (including phenoxy) is 1. The summed E-state index contributed by atoms with van der Waals surface area (Å²) in [4.78, 5) is 8.34. The lowest BCUT2D eigenvalue weighted by atomic mass is 10.3. The van der Waals surface area contributed by atoms with Crippen LogP contribution in [-0.4, -0.2) is 32.9 Å². The molecule has 1 N–H and O–H groups in total. The summed E-state index contributed by atoms with van der Waals surface area (Å²) in [5, 5.41) is 7.62. The summed E-state index contributed by atoms with van der Waals surface area (Å²) in [6.07, 6.45) is 4.31. The molecule has 0 saturated carbocycles. The maximum absolute atomic E-state index is 5.44. The fourth-order valence-electron chi connectivity index (χ4n) is 1.80. The lowest BCUT2D eigenvalue weighted by molar-refractivity contribution is 0.324. The predicted octanol–water partition coefficient (Wildman–Crippen LogP) is 1.57. The Morgan fingerprint density at radius 3 is 2.89 bits per heavy atom. The van der Waals surface area contributed by atoms with Gasteiger partial charge in [-0.25, -0.2) is 9.97 Å². The van der Waals surface area contributed by atoms with Crippen molar-refractivity contribution in [3.05, 3.63) is 29.8 Å². The minimum absolute atomic E-state index is 0.602. The summed E-state index contributed by atoms with van der Waals surface area (Å²) in [5.74, 6) is 1.45. The number of rotatable bonds is 6. The highest BCUT2D eigenvalue weighted by Crippen LogP contribution is 2.19. The van der Waals surface area contributed by atoms with Crippen molar-refractivity contribution < 1.29 is 4.74 Å². The van der Waals surface area contributed by atoms with E-state index in [-0.39, 0.29) is 0 Å². The van der Waals surface area contributed by atoms with Crippen LogP contribution in [0, 0.1) is 6.92 Å². The molecule has 6 heteroatoms. The van der Waals surface area contributed by atoms with Crippen molar-refractivity contribution in [2.45, 2.75) is 20.3 Å². The van der Waals surface area contributed by atoms with Crippen LogP contribution >= 0.6 is 0 Å². The molecule has 0 saturated heterocycles. The minimum atomic E-state index is 0.602.